The van der Waals surface area contributed by atoms with Crippen molar-refractivity contribution >= 4 is 0 Å². The molecule has 0 heterocycles. The van der Waals surface area contributed by atoms with Crippen LogP contribution in [0.1, 0.15) is 20.3 Å². The lowest BCUT2D eigenvalue weighted by Crippen LogP contribution is -2.12. The van der Waals surface area contributed by atoms with E-state index in [0.717, 1.165) is 12.0 Å². The van der Waals surface area contributed by atoms with Gasteiger partial charge in [-0.05, 0) is 24.8 Å². The number of allylic oxidation sites excluding steroid dienone is 2. The highest BCUT2D eigenvalue weighted by molar-refractivity contribution is 5.31. The van der Waals surface area contributed by atoms with E-state index in [-0.39, 0.29) is 5.76 Å². The van der Waals surface area contributed by atoms with Gasteiger partial charge in [0, 0.05) is 0 Å². The number of hydrogen-bond acceptors (Lipinski definition) is 2. The van der Waals surface area contributed by atoms with Crippen LogP contribution in [0.4, 0.5) is 0 Å². The molecule has 2 nitrogen and oxygen atoms in total. The van der Waals surface area contributed by atoms with Crippen molar-refractivity contribution in [2.24, 2.45) is 11.7 Å². The molecule has 1 aliphatic rings. The zero-order valence-corrected chi connectivity index (χ0v) is 6.39. The lowest BCUT2D eigenvalue weighted by molar-refractivity contribution is 0.397. The van der Waals surface area contributed by atoms with Crippen molar-refractivity contribution in [2.45, 2.75) is 20.3 Å². The SMILES string of the molecule is CC1=C(O)C(N)=CCC1C. The van der Waals surface area contributed by atoms with Crippen molar-refractivity contribution in [2.75, 3.05) is 0 Å². The fourth-order valence-electron chi connectivity index (χ4n) is 1.04. The van der Waals surface area contributed by atoms with Crippen LogP contribution >= 0.6 is 0 Å². The van der Waals surface area contributed by atoms with Gasteiger partial charge in [0.15, 0.2) is 0 Å². The first-order chi connectivity index (χ1) is 4.63. The summed E-state index contributed by atoms with van der Waals surface area (Å²) in [5.74, 6) is 0.714. The molecule has 3 N–H and O–H groups in total. The van der Waals surface area contributed by atoms with Crippen LogP contribution in [-0.2, 0) is 0 Å². The largest absolute Gasteiger partial charge is 0.506 e. The maximum absolute atomic E-state index is 9.30. The maximum atomic E-state index is 9.30. The van der Waals surface area contributed by atoms with Gasteiger partial charge in [0.2, 0.25) is 0 Å². The standard InChI is InChI=1S/C8H13NO/c1-5-3-4-7(9)8(10)6(5)2/h4-5,10H,3,9H2,1-2H3. The van der Waals surface area contributed by atoms with E-state index >= 15 is 0 Å². The monoisotopic (exact) mass is 139 g/mol. The second kappa shape index (κ2) is 2.37. The minimum absolute atomic E-state index is 0.277. The molecule has 1 unspecified atom stereocenters. The van der Waals surface area contributed by atoms with Crippen molar-refractivity contribution in [3.8, 4) is 0 Å². The maximum Gasteiger partial charge on any atom is 0.137 e. The molecule has 0 amide bonds. The molecule has 0 saturated heterocycles. The predicted octanol–water partition coefficient (Wildman–Crippen LogP) is 1.70. The van der Waals surface area contributed by atoms with Gasteiger partial charge in [0.25, 0.3) is 0 Å². The van der Waals surface area contributed by atoms with Crippen LogP contribution in [0.25, 0.3) is 0 Å². The van der Waals surface area contributed by atoms with E-state index in [9.17, 15) is 5.11 Å². The van der Waals surface area contributed by atoms with Gasteiger partial charge in [-0.15, -0.1) is 0 Å². The van der Waals surface area contributed by atoms with Crippen LogP contribution in [0, 0.1) is 5.92 Å². The Morgan fingerprint density at radius 1 is 1.70 bits per heavy atom. The van der Waals surface area contributed by atoms with Crippen molar-refractivity contribution in [1.82, 2.24) is 0 Å². The molecule has 0 aromatic heterocycles. The van der Waals surface area contributed by atoms with E-state index in [1.165, 1.54) is 0 Å². The summed E-state index contributed by atoms with van der Waals surface area (Å²) >= 11 is 0. The van der Waals surface area contributed by atoms with Crippen LogP contribution < -0.4 is 5.73 Å². The summed E-state index contributed by atoms with van der Waals surface area (Å²) in [4.78, 5) is 0. The van der Waals surface area contributed by atoms with Crippen molar-refractivity contribution in [3.05, 3.63) is 23.1 Å². The van der Waals surface area contributed by atoms with Crippen molar-refractivity contribution in [3.63, 3.8) is 0 Å². The summed E-state index contributed by atoms with van der Waals surface area (Å²) in [5, 5.41) is 9.30. The van der Waals surface area contributed by atoms with Crippen LogP contribution in [0.3, 0.4) is 0 Å². The Hall–Kier alpha value is -0.920. The quantitative estimate of drug-likeness (QED) is 0.536. The zero-order valence-electron chi connectivity index (χ0n) is 6.39. The molecule has 0 aromatic rings. The first-order valence-corrected chi connectivity index (χ1v) is 3.48. The molecule has 2 heteroatoms. The number of hydrogen-bond donors (Lipinski definition) is 2. The van der Waals surface area contributed by atoms with Crippen LogP contribution in [-0.4, -0.2) is 5.11 Å². The number of nitrogens with two attached hydrogens (primary N) is 1. The van der Waals surface area contributed by atoms with Crippen LogP contribution in [0.5, 0.6) is 0 Å². The Balaban J connectivity index is 2.94. The summed E-state index contributed by atoms with van der Waals surface area (Å²) in [6.45, 7) is 3.99. The summed E-state index contributed by atoms with van der Waals surface area (Å²) in [7, 11) is 0. The van der Waals surface area contributed by atoms with Gasteiger partial charge < -0.3 is 10.8 Å². The van der Waals surface area contributed by atoms with E-state index < -0.39 is 0 Å². The topological polar surface area (TPSA) is 46.2 Å². The average Bonchev–Trinajstić information content (AvgIpc) is 1.93. The lowest BCUT2D eigenvalue weighted by Gasteiger charge is -2.17. The second-order valence-corrected chi connectivity index (χ2v) is 2.83. The van der Waals surface area contributed by atoms with E-state index in [0.29, 0.717) is 11.6 Å². The first-order valence-electron chi connectivity index (χ1n) is 3.48. The summed E-state index contributed by atoms with van der Waals surface area (Å²) < 4.78 is 0. The lowest BCUT2D eigenvalue weighted by atomic mass is 9.92. The Labute approximate surface area is 61.0 Å². The third kappa shape index (κ3) is 1.01. The van der Waals surface area contributed by atoms with Gasteiger partial charge >= 0.3 is 0 Å². The van der Waals surface area contributed by atoms with E-state index in [2.05, 4.69) is 6.92 Å². The Kier molecular flexibility index (Phi) is 1.70. The molecule has 0 saturated carbocycles. The molecule has 0 aliphatic heterocycles. The number of aliphatic hydroxyl groups is 1. The molecule has 0 aromatic carbocycles. The Morgan fingerprint density at radius 3 is 2.80 bits per heavy atom. The zero-order chi connectivity index (χ0) is 7.72. The van der Waals surface area contributed by atoms with Gasteiger partial charge in [0.05, 0.1) is 5.70 Å². The van der Waals surface area contributed by atoms with E-state index in [4.69, 9.17) is 5.73 Å². The van der Waals surface area contributed by atoms with Gasteiger partial charge in [-0.2, -0.15) is 0 Å². The molecule has 0 spiro atoms. The van der Waals surface area contributed by atoms with Gasteiger partial charge in [-0.3, -0.25) is 0 Å². The van der Waals surface area contributed by atoms with Gasteiger partial charge in [-0.25, -0.2) is 0 Å². The molecule has 10 heavy (non-hydrogen) atoms. The Bertz CT molecular complexity index is 203. The van der Waals surface area contributed by atoms with Gasteiger partial charge in [0.1, 0.15) is 5.76 Å². The fourth-order valence-corrected chi connectivity index (χ4v) is 1.04. The van der Waals surface area contributed by atoms with Crippen molar-refractivity contribution < 1.29 is 5.11 Å². The molecular weight excluding hydrogens is 126 g/mol. The third-order valence-corrected chi connectivity index (χ3v) is 2.08. The van der Waals surface area contributed by atoms with E-state index in [1.54, 1.807) is 0 Å². The third-order valence-electron chi connectivity index (χ3n) is 2.08. The molecular formula is C8H13NO. The first kappa shape index (κ1) is 7.19. The highest BCUT2D eigenvalue weighted by Gasteiger charge is 2.14. The second-order valence-electron chi connectivity index (χ2n) is 2.83. The summed E-state index contributed by atoms with van der Waals surface area (Å²) in [6, 6.07) is 0. The highest BCUT2D eigenvalue weighted by atomic mass is 16.3. The van der Waals surface area contributed by atoms with Gasteiger partial charge in [-0.1, -0.05) is 13.0 Å². The molecule has 1 aliphatic carbocycles. The number of aliphatic hydroxyl groups excluding tert-OH is 1. The Morgan fingerprint density at radius 2 is 2.30 bits per heavy atom. The van der Waals surface area contributed by atoms with Crippen LogP contribution in [0.2, 0.25) is 0 Å². The number of rotatable bonds is 0. The molecule has 1 rings (SSSR count). The molecule has 0 bridgehead atoms. The highest BCUT2D eigenvalue weighted by Crippen LogP contribution is 2.24. The normalized spacial score (nSPS) is 26.6. The predicted molar refractivity (Wildman–Crippen MR) is 41.4 cm³/mol. The molecule has 1 atom stereocenters. The minimum Gasteiger partial charge on any atom is -0.506 e. The van der Waals surface area contributed by atoms with Crippen LogP contribution in [0.15, 0.2) is 23.1 Å². The summed E-state index contributed by atoms with van der Waals surface area (Å²) in [5.41, 5.74) is 7.01. The molecule has 0 fully saturated rings. The average molecular weight is 139 g/mol. The van der Waals surface area contributed by atoms with E-state index in [1.807, 2.05) is 13.0 Å². The fraction of sp³-hybridized carbons (Fsp3) is 0.500. The van der Waals surface area contributed by atoms with Crippen molar-refractivity contribution in [1.29, 1.82) is 0 Å². The summed E-state index contributed by atoms with van der Waals surface area (Å²) in [6.07, 6.45) is 2.81. The molecule has 0 radical (unpaired) electrons. The smallest absolute Gasteiger partial charge is 0.137 e. The molecule has 56 valence electrons. The minimum atomic E-state index is 0.277.